The van der Waals surface area contributed by atoms with Crippen LogP contribution in [0.15, 0.2) is 77.8 Å². The van der Waals surface area contributed by atoms with Crippen LogP contribution >= 0.6 is 11.8 Å². The van der Waals surface area contributed by atoms with E-state index in [9.17, 15) is 27.1 Å². The van der Waals surface area contributed by atoms with Gasteiger partial charge in [-0.2, -0.15) is 18.3 Å². The Morgan fingerprint density at radius 1 is 0.903 bits per heavy atom. The van der Waals surface area contributed by atoms with Crippen molar-refractivity contribution in [3.05, 3.63) is 90.1 Å². The highest BCUT2D eigenvalue weighted by molar-refractivity contribution is 7.99. The Morgan fingerprint density at radius 3 is 2.32 bits per heavy atom. The van der Waals surface area contributed by atoms with Crippen LogP contribution in [0.4, 0.5) is 22.0 Å². The van der Waals surface area contributed by atoms with Crippen LogP contribution in [0.2, 0.25) is 0 Å². The maximum Gasteiger partial charge on any atom is 0.422 e. The molecule has 0 aliphatic carbocycles. The molecule has 1 unspecified atom stereocenters. The van der Waals surface area contributed by atoms with Gasteiger partial charge in [-0.25, -0.2) is 13.5 Å². The van der Waals surface area contributed by atoms with Crippen LogP contribution in [-0.2, 0) is 5.60 Å². The van der Waals surface area contributed by atoms with Gasteiger partial charge in [0, 0.05) is 16.0 Å². The highest BCUT2D eigenvalue weighted by atomic mass is 32.2. The third-order valence-electron chi connectivity index (χ3n) is 4.85. The van der Waals surface area contributed by atoms with Crippen molar-refractivity contribution in [2.45, 2.75) is 16.7 Å². The summed E-state index contributed by atoms with van der Waals surface area (Å²) < 4.78 is 69.7. The molecule has 1 aromatic heterocycles. The number of alkyl halides is 3. The first-order valence-electron chi connectivity index (χ1n) is 9.10. The van der Waals surface area contributed by atoms with E-state index in [0.717, 1.165) is 23.9 Å². The normalized spacial score (nSPS) is 14.0. The second kappa shape index (κ2) is 7.97. The highest BCUT2D eigenvalue weighted by Gasteiger charge is 2.55. The van der Waals surface area contributed by atoms with Gasteiger partial charge in [0.2, 0.25) is 0 Å². The molecular weight excluding hydrogens is 435 g/mol. The van der Waals surface area contributed by atoms with E-state index < -0.39 is 29.2 Å². The second-order valence-corrected chi connectivity index (χ2v) is 7.94. The zero-order chi connectivity index (χ0) is 22.2. The molecular formula is C22H15F5N2OS. The molecule has 0 amide bonds. The van der Waals surface area contributed by atoms with Gasteiger partial charge in [0.25, 0.3) is 0 Å². The Morgan fingerprint density at radius 2 is 1.65 bits per heavy atom. The van der Waals surface area contributed by atoms with Gasteiger partial charge in [-0.1, -0.05) is 24.3 Å². The standard InChI is InChI=1S/C22H15F5N2OS/c23-18-8-7-17(11-19(18)24)31-13-21(30,22(25,26)27)15-6-9-20-14(10-15)12-28-29(20)16-4-2-1-3-5-16/h1-12,30H,13H2. The molecule has 0 aliphatic rings. The fourth-order valence-corrected chi connectivity index (χ4v) is 4.21. The number of fused-ring (bicyclic) bond motifs is 1. The number of benzene rings is 3. The molecule has 1 N–H and O–H groups in total. The van der Waals surface area contributed by atoms with Crippen molar-refractivity contribution in [1.82, 2.24) is 9.78 Å². The summed E-state index contributed by atoms with van der Waals surface area (Å²) in [5, 5.41) is 15.3. The first kappa shape index (κ1) is 21.3. The minimum atomic E-state index is -5.00. The van der Waals surface area contributed by atoms with Gasteiger partial charge in [-0.05, 0) is 48.0 Å². The number of hydrogen-bond donors (Lipinski definition) is 1. The first-order valence-corrected chi connectivity index (χ1v) is 10.1. The molecule has 1 atom stereocenters. The number of aliphatic hydroxyl groups is 1. The Kier molecular flexibility index (Phi) is 5.49. The summed E-state index contributed by atoms with van der Waals surface area (Å²) in [4.78, 5) is 0.0690. The number of hydrogen-bond acceptors (Lipinski definition) is 3. The van der Waals surface area contributed by atoms with E-state index in [4.69, 9.17) is 0 Å². The van der Waals surface area contributed by atoms with E-state index in [0.29, 0.717) is 22.7 Å². The fourth-order valence-electron chi connectivity index (χ4n) is 3.15. The van der Waals surface area contributed by atoms with Crippen LogP contribution < -0.4 is 0 Å². The first-order chi connectivity index (χ1) is 14.7. The van der Waals surface area contributed by atoms with Gasteiger partial charge in [-0.15, -0.1) is 11.8 Å². The summed E-state index contributed by atoms with van der Waals surface area (Å²) >= 11 is 0.582. The molecule has 0 spiro atoms. The largest absolute Gasteiger partial charge is 0.422 e. The second-order valence-electron chi connectivity index (χ2n) is 6.89. The summed E-state index contributed by atoms with van der Waals surface area (Å²) in [5.74, 6) is -3.11. The lowest BCUT2D eigenvalue weighted by Crippen LogP contribution is -2.44. The number of aromatic nitrogens is 2. The van der Waals surface area contributed by atoms with Gasteiger partial charge >= 0.3 is 6.18 Å². The maximum absolute atomic E-state index is 13.9. The molecule has 0 saturated heterocycles. The molecule has 3 nitrogen and oxygen atoms in total. The Bertz CT molecular complexity index is 1230. The molecule has 1 heterocycles. The fraction of sp³-hybridized carbons (Fsp3) is 0.136. The van der Waals surface area contributed by atoms with Crippen molar-refractivity contribution in [3.8, 4) is 5.69 Å². The summed E-state index contributed by atoms with van der Waals surface area (Å²) in [6.07, 6.45) is -3.58. The van der Waals surface area contributed by atoms with Crippen LogP contribution in [0.25, 0.3) is 16.6 Å². The Labute approximate surface area is 178 Å². The summed E-state index contributed by atoms with van der Waals surface area (Å²) in [7, 11) is 0. The summed E-state index contributed by atoms with van der Waals surface area (Å²) in [6.45, 7) is 0. The van der Waals surface area contributed by atoms with Gasteiger partial charge in [-0.3, -0.25) is 0 Å². The van der Waals surface area contributed by atoms with Gasteiger partial charge in [0.05, 0.1) is 17.4 Å². The SMILES string of the molecule is OC(CSc1ccc(F)c(F)c1)(c1ccc2c(cnn2-c2ccccc2)c1)C(F)(F)F. The maximum atomic E-state index is 13.9. The Hall–Kier alpha value is -2.91. The Balaban J connectivity index is 1.69. The molecule has 4 aromatic rings. The van der Waals surface area contributed by atoms with E-state index in [1.807, 2.05) is 30.3 Å². The lowest BCUT2D eigenvalue weighted by atomic mass is 9.94. The van der Waals surface area contributed by atoms with Crippen LogP contribution in [-0.4, -0.2) is 26.8 Å². The van der Waals surface area contributed by atoms with E-state index >= 15 is 0 Å². The lowest BCUT2D eigenvalue weighted by Gasteiger charge is -2.30. The average Bonchev–Trinajstić information content (AvgIpc) is 3.17. The van der Waals surface area contributed by atoms with Crippen molar-refractivity contribution in [2.24, 2.45) is 0 Å². The van der Waals surface area contributed by atoms with Crippen molar-refractivity contribution < 1.29 is 27.1 Å². The van der Waals surface area contributed by atoms with Crippen molar-refractivity contribution in [3.63, 3.8) is 0 Å². The molecule has 31 heavy (non-hydrogen) atoms. The molecule has 9 heteroatoms. The van der Waals surface area contributed by atoms with Crippen molar-refractivity contribution in [1.29, 1.82) is 0 Å². The monoisotopic (exact) mass is 450 g/mol. The predicted molar refractivity (Wildman–Crippen MR) is 108 cm³/mol. The quantitative estimate of drug-likeness (QED) is 0.306. The number of rotatable bonds is 5. The molecule has 3 aromatic carbocycles. The molecule has 0 saturated carbocycles. The van der Waals surface area contributed by atoms with Crippen LogP contribution in [0.1, 0.15) is 5.56 Å². The number of nitrogens with zero attached hydrogens (tertiary/aromatic N) is 2. The van der Waals surface area contributed by atoms with Crippen molar-refractivity contribution in [2.75, 3.05) is 5.75 Å². The van der Waals surface area contributed by atoms with Gasteiger partial charge < -0.3 is 5.11 Å². The van der Waals surface area contributed by atoms with E-state index in [-0.39, 0.29) is 10.5 Å². The lowest BCUT2D eigenvalue weighted by molar-refractivity contribution is -0.256. The van der Waals surface area contributed by atoms with E-state index in [1.54, 1.807) is 4.68 Å². The molecule has 0 aliphatic heterocycles. The van der Waals surface area contributed by atoms with Crippen molar-refractivity contribution >= 4 is 22.7 Å². The third kappa shape index (κ3) is 4.03. The summed E-state index contributed by atoms with van der Waals surface area (Å²) in [5.41, 5.74) is -2.25. The predicted octanol–water partition coefficient (Wildman–Crippen LogP) is 5.85. The highest BCUT2D eigenvalue weighted by Crippen LogP contribution is 2.43. The molecule has 0 bridgehead atoms. The van der Waals surface area contributed by atoms with Crippen LogP contribution in [0, 0.1) is 11.6 Å². The molecule has 0 radical (unpaired) electrons. The minimum absolute atomic E-state index is 0.0690. The molecule has 0 fully saturated rings. The smallest absolute Gasteiger partial charge is 0.376 e. The minimum Gasteiger partial charge on any atom is -0.376 e. The topological polar surface area (TPSA) is 38.1 Å². The van der Waals surface area contributed by atoms with E-state index in [1.165, 1.54) is 24.4 Å². The summed E-state index contributed by atoms with van der Waals surface area (Å²) in [6, 6.07) is 15.8. The van der Waals surface area contributed by atoms with Crippen LogP contribution in [0.3, 0.4) is 0 Å². The number of halogens is 5. The zero-order valence-corrected chi connectivity index (χ0v) is 16.6. The van der Waals surface area contributed by atoms with Crippen LogP contribution in [0.5, 0.6) is 0 Å². The zero-order valence-electron chi connectivity index (χ0n) is 15.8. The third-order valence-corrected chi connectivity index (χ3v) is 6.00. The van der Waals surface area contributed by atoms with Gasteiger partial charge in [0.1, 0.15) is 0 Å². The molecule has 160 valence electrons. The number of thioether (sulfide) groups is 1. The average molecular weight is 450 g/mol. The number of para-hydroxylation sites is 1. The molecule has 4 rings (SSSR count). The van der Waals surface area contributed by atoms with E-state index in [2.05, 4.69) is 5.10 Å². The van der Waals surface area contributed by atoms with Gasteiger partial charge in [0.15, 0.2) is 17.2 Å².